The predicted octanol–water partition coefficient (Wildman–Crippen LogP) is 6.16. The van der Waals surface area contributed by atoms with Crippen LogP contribution in [-0.4, -0.2) is 80.3 Å². The molecule has 274 valence electrons. The van der Waals surface area contributed by atoms with E-state index in [-0.39, 0.29) is 71.7 Å². The molecule has 0 aromatic carbocycles. The Morgan fingerprint density at radius 2 is 1.80 bits per heavy atom. The van der Waals surface area contributed by atoms with E-state index in [0.29, 0.717) is 19.5 Å². The molecule has 50 heavy (non-hydrogen) atoms. The maximum Gasteiger partial charge on any atom is 0.410 e. The van der Waals surface area contributed by atoms with Gasteiger partial charge in [-0.2, -0.15) is 26.7 Å². The highest BCUT2D eigenvalue weighted by Gasteiger charge is 2.62. The smallest absolute Gasteiger partial charge is 0.410 e. The second kappa shape index (κ2) is 13.7. The number of halogens is 4. The minimum Gasteiger partial charge on any atom is -0.477 e. The van der Waals surface area contributed by atoms with Gasteiger partial charge in [0.05, 0.1) is 17.6 Å². The van der Waals surface area contributed by atoms with E-state index in [2.05, 4.69) is 15.2 Å². The number of pyridine rings is 1. The SMILES string of the molecule is CC(C)(C)OC(=O)N1C[C@@H](CCn2ccc(S(=O)(=O)NC(=O)c3ccc(-n4ccc(OCCCC5(C(F)(F)F)CC5)n4)nc3Cl)n2)CC1(C)C. The molecule has 2 amide bonds. The fourth-order valence-corrected chi connectivity index (χ4v) is 7.17. The van der Waals surface area contributed by atoms with Crippen LogP contribution < -0.4 is 9.46 Å². The summed E-state index contributed by atoms with van der Waals surface area (Å²) < 4.78 is 81.1. The minimum atomic E-state index is -4.36. The highest BCUT2D eigenvalue weighted by molar-refractivity contribution is 7.90. The highest BCUT2D eigenvalue weighted by atomic mass is 35.5. The molecule has 4 heterocycles. The van der Waals surface area contributed by atoms with Gasteiger partial charge >= 0.3 is 12.3 Å². The van der Waals surface area contributed by atoms with Crippen LogP contribution in [0.4, 0.5) is 18.0 Å². The number of hydrogen-bond donors (Lipinski definition) is 1. The van der Waals surface area contributed by atoms with Crippen LogP contribution in [0.15, 0.2) is 41.7 Å². The predicted molar refractivity (Wildman–Crippen MR) is 175 cm³/mol. The van der Waals surface area contributed by atoms with E-state index in [0.717, 1.165) is 6.42 Å². The molecule has 3 aromatic heterocycles. The number of carbonyl (C=O) groups is 2. The molecular formula is C32H41ClF3N7O6S. The Morgan fingerprint density at radius 1 is 1.08 bits per heavy atom. The van der Waals surface area contributed by atoms with Crippen LogP contribution >= 0.6 is 11.6 Å². The molecule has 1 saturated carbocycles. The van der Waals surface area contributed by atoms with Gasteiger partial charge in [-0.1, -0.05) is 11.6 Å². The first-order valence-electron chi connectivity index (χ1n) is 16.2. The van der Waals surface area contributed by atoms with Crippen molar-refractivity contribution in [2.24, 2.45) is 11.3 Å². The first kappa shape index (κ1) is 37.4. The molecule has 0 spiro atoms. The van der Waals surface area contributed by atoms with Crippen LogP contribution in [0.1, 0.15) is 83.5 Å². The lowest BCUT2D eigenvalue weighted by atomic mass is 9.94. The van der Waals surface area contributed by atoms with Crippen LogP contribution in [-0.2, 0) is 21.3 Å². The number of sulfonamides is 1. The quantitative estimate of drug-likeness (QED) is 0.170. The normalized spacial score (nSPS) is 18.6. The number of rotatable bonds is 12. The monoisotopic (exact) mass is 743 g/mol. The van der Waals surface area contributed by atoms with Crippen molar-refractivity contribution in [2.45, 2.75) is 102 Å². The summed E-state index contributed by atoms with van der Waals surface area (Å²) in [5, 5.41) is 7.69. The van der Waals surface area contributed by atoms with Crippen LogP contribution in [0.3, 0.4) is 0 Å². The Balaban J connectivity index is 1.13. The topological polar surface area (TPSA) is 151 Å². The number of nitrogens with zero attached hydrogens (tertiary/aromatic N) is 6. The minimum absolute atomic E-state index is 0.00771. The third kappa shape index (κ3) is 8.71. The molecule has 18 heteroatoms. The van der Waals surface area contributed by atoms with Crippen LogP contribution in [0, 0.1) is 11.3 Å². The van der Waals surface area contributed by atoms with Gasteiger partial charge in [0.2, 0.25) is 5.88 Å². The molecule has 1 saturated heterocycles. The molecule has 0 bridgehead atoms. The Hall–Kier alpha value is -3.86. The molecule has 13 nitrogen and oxygen atoms in total. The van der Waals surface area contributed by atoms with Crippen LogP contribution in [0.5, 0.6) is 5.88 Å². The summed E-state index contributed by atoms with van der Waals surface area (Å²) in [6.07, 6.45) is 0.290. The number of carbonyl (C=O) groups excluding carboxylic acids is 2. The fourth-order valence-electron chi connectivity index (χ4n) is 6.02. The van der Waals surface area contributed by atoms with Crippen LogP contribution in [0.2, 0.25) is 5.15 Å². The van der Waals surface area contributed by atoms with E-state index < -0.39 is 38.7 Å². The van der Waals surface area contributed by atoms with E-state index >= 15 is 0 Å². The highest BCUT2D eigenvalue weighted by Crippen LogP contribution is 2.60. The number of alkyl halides is 3. The number of ether oxygens (including phenoxy) is 2. The zero-order valence-electron chi connectivity index (χ0n) is 28.5. The molecule has 1 aliphatic heterocycles. The second-order valence-electron chi connectivity index (χ2n) is 14.5. The van der Waals surface area contributed by atoms with Gasteiger partial charge in [0, 0.05) is 37.1 Å². The van der Waals surface area contributed by atoms with E-state index in [4.69, 9.17) is 21.1 Å². The fraction of sp³-hybridized carbons (Fsp3) is 0.594. The molecule has 3 aromatic rings. The summed E-state index contributed by atoms with van der Waals surface area (Å²) in [5.41, 5.74) is -2.81. The van der Waals surface area contributed by atoms with Crippen molar-refractivity contribution in [1.29, 1.82) is 0 Å². The molecular weight excluding hydrogens is 703 g/mol. The van der Waals surface area contributed by atoms with Gasteiger partial charge in [-0.3, -0.25) is 9.48 Å². The summed E-state index contributed by atoms with van der Waals surface area (Å²) in [6, 6.07) is 5.47. The van der Waals surface area contributed by atoms with Gasteiger partial charge in [0.25, 0.3) is 15.9 Å². The molecule has 2 fully saturated rings. The number of aryl methyl sites for hydroxylation is 1. The third-order valence-corrected chi connectivity index (χ3v) is 10.4. The van der Waals surface area contributed by atoms with Gasteiger partial charge in [0.1, 0.15) is 10.8 Å². The van der Waals surface area contributed by atoms with Crippen molar-refractivity contribution in [1.82, 2.24) is 34.2 Å². The largest absolute Gasteiger partial charge is 0.477 e. The molecule has 0 unspecified atom stereocenters. The molecule has 2 aliphatic rings. The maximum absolute atomic E-state index is 13.1. The van der Waals surface area contributed by atoms with E-state index in [1.54, 1.807) is 4.90 Å². The number of hydrogen-bond acceptors (Lipinski definition) is 9. The standard InChI is InChI=1S/C32H41ClF3N7O6S/c1-29(2,3)49-28(45)42-20-21(19-30(42,4)5)9-15-41-16-11-25(39-41)50(46,47)40-27(44)22-7-8-23(37-26(22)33)43-17-10-24(38-43)48-18-6-12-31(13-14-31)32(34,35)36/h7-8,10-11,16-17,21H,6,9,12-15,18-20H2,1-5H3,(H,40,44)/t21-/m0/s1. The molecule has 0 radical (unpaired) electrons. The zero-order valence-corrected chi connectivity index (χ0v) is 30.0. The Labute approximate surface area is 293 Å². The van der Waals surface area contributed by atoms with E-state index in [1.165, 1.54) is 46.0 Å². The lowest BCUT2D eigenvalue weighted by Crippen LogP contribution is -2.45. The Bertz CT molecular complexity index is 1830. The Morgan fingerprint density at radius 3 is 2.44 bits per heavy atom. The summed E-state index contributed by atoms with van der Waals surface area (Å²) in [4.78, 5) is 31.5. The first-order chi connectivity index (χ1) is 23.2. The van der Waals surface area contributed by atoms with E-state index in [9.17, 15) is 31.2 Å². The van der Waals surface area contributed by atoms with Gasteiger partial charge < -0.3 is 14.4 Å². The Kier molecular flexibility index (Phi) is 10.2. The molecule has 1 aliphatic carbocycles. The second-order valence-corrected chi connectivity index (χ2v) is 16.4. The molecule has 1 atom stereocenters. The lowest BCUT2D eigenvalue weighted by molar-refractivity contribution is -0.189. The van der Waals surface area contributed by atoms with Crippen molar-refractivity contribution in [3.63, 3.8) is 0 Å². The summed E-state index contributed by atoms with van der Waals surface area (Å²) in [5.74, 6) is -0.513. The average Bonchev–Trinajstić information content (AvgIpc) is 3.30. The summed E-state index contributed by atoms with van der Waals surface area (Å²) in [7, 11) is -4.36. The first-order valence-corrected chi connectivity index (χ1v) is 18.1. The maximum atomic E-state index is 13.1. The number of nitrogens with one attached hydrogen (secondary N) is 1. The number of amides is 2. The van der Waals surface area contributed by atoms with Crippen molar-refractivity contribution in [3.05, 3.63) is 47.4 Å². The van der Waals surface area contributed by atoms with E-state index in [1.807, 2.05) is 39.3 Å². The van der Waals surface area contributed by atoms with Gasteiger partial charge in [-0.05, 0) is 97.3 Å². The molecule has 1 N–H and O–H groups in total. The van der Waals surface area contributed by atoms with Gasteiger partial charge in [0.15, 0.2) is 10.8 Å². The zero-order chi connectivity index (χ0) is 36.7. The average molecular weight is 744 g/mol. The number of aromatic nitrogens is 5. The van der Waals surface area contributed by atoms with Crippen molar-refractivity contribution < 1.29 is 40.7 Å². The number of likely N-dealkylation sites (tertiary alicyclic amines) is 1. The summed E-state index contributed by atoms with van der Waals surface area (Å²) >= 11 is 6.25. The van der Waals surface area contributed by atoms with Crippen molar-refractivity contribution >= 4 is 33.6 Å². The van der Waals surface area contributed by atoms with Crippen molar-refractivity contribution in [3.8, 4) is 11.7 Å². The van der Waals surface area contributed by atoms with Crippen LogP contribution in [0.25, 0.3) is 5.82 Å². The summed E-state index contributed by atoms with van der Waals surface area (Å²) in [6.45, 7) is 10.4. The lowest BCUT2D eigenvalue weighted by Gasteiger charge is -2.33. The van der Waals surface area contributed by atoms with Crippen molar-refractivity contribution in [2.75, 3.05) is 13.2 Å². The van der Waals surface area contributed by atoms with Gasteiger partial charge in [-0.15, -0.1) is 5.10 Å². The third-order valence-electron chi connectivity index (χ3n) is 8.84. The van der Waals surface area contributed by atoms with Gasteiger partial charge in [-0.25, -0.2) is 19.2 Å². The molecule has 5 rings (SSSR count).